The molecule has 256 valence electrons. The number of hydrogen-bond acceptors (Lipinski definition) is 9. The molecular weight excluding hydrogens is 652 g/mol. The Kier molecular flexibility index (Phi) is 8.65. The van der Waals surface area contributed by atoms with Crippen molar-refractivity contribution in [2.24, 2.45) is 0 Å². The van der Waals surface area contributed by atoms with E-state index < -0.39 is 23.3 Å². The second kappa shape index (κ2) is 12.8. The van der Waals surface area contributed by atoms with Crippen molar-refractivity contribution in [2.75, 3.05) is 43.4 Å². The van der Waals surface area contributed by atoms with E-state index >= 15 is 4.39 Å². The average molecular weight is 690 g/mol. The molecular formula is C36H38F3N7O2S. The van der Waals surface area contributed by atoms with Gasteiger partial charge in [0.2, 0.25) is 5.91 Å². The maximum absolute atomic E-state index is 16.4. The summed E-state index contributed by atoms with van der Waals surface area (Å²) < 4.78 is 52.4. The number of benzene rings is 2. The Morgan fingerprint density at radius 1 is 1.24 bits per heavy atom. The first-order valence-corrected chi connectivity index (χ1v) is 17.6. The molecule has 3 saturated heterocycles. The van der Waals surface area contributed by atoms with E-state index in [0.717, 1.165) is 30.7 Å². The summed E-state index contributed by atoms with van der Waals surface area (Å²) in [5.74, 6) is -0.837. The number of nitrogen functional groups attached to an aromatic ring is 1. The fourth-order valence-electron chi connectivity index (χ4n) is 8.40. The van der Waals surface area contributed by atoms with Crippen LogP contribution >= 0.6 is 11.3 Å². The molecule has 3 aliphatic rings. The van der Waals surface area contributed by atoms with Gasteiger partial charge in [-0.2, -0.15) is 15.2 Å². The molecule has 2 N–H and O–H groups in total. The molecule has 0 spiro atoms. The number of hydrogen-bond donors (Lipinski definition) is 1. The number of thiophene rings is 1. The highest BCUT2D eigenvalue weighted by Crippen LogP contribution is 2.44. The molecule has 3 aliphatic heterocycles. The van der Waals surface area contributed by atoms with Gasteiger partial charge in [0.1, 0.15) is 41.3 Å². The predicted octanol–water partition coefficient (Wildman–Crippen LogP) is 6.59. The number of nitrogens with zero attached hydrogens (tertiary/aromatic N) is 6. The molecule has 4 unspecified atom stereocenters. The highest BCUT2D eigenvalue weighted by molar-refractivity contribution is 7.23. The highest BCUT2D eigenvalue weighted by Gasteiger charge is 2.49. The Balaban J connectivity index is 1.38. The first kappa shape index (κ1) is 33.1. The Bertz CT molecular complexity index is 2010. The van der Waals surface area contributed by atoms with Gasteiger partial charge in [0, 0.05) is 42.4 Å². The molecule has 4 aromatic rings. The number of amides is 1. The van der Waals surface area contributed by atoms with E-state index in [-0.39, 0.29) is 56.8 Å². The number of likely N-dealkylation sites (tertiary alicyclic amines) is 1. The number of aromatic nitrogens is 2. The van der Waals surface area contributed by atoms with Crippen molar-refractivity contribution in [3.63, 3.8) is 0 Å². The smallest absolute Gasteiger partial charge is 0.319 e. The standard InChI is InChI=1S/C36H38F3N7O2S/c1-4-28-29(10-13-46(28)30(47)5-2)45(6-3)34-23-14-26(39)22(21-8-9-25(38)32-31(21)24(17-40)33(41)49-32)15-27(23)42-35(43-34)48-19-36-11-7-12-44(36)18-20(37)16-36/h5,8-9,14-15,20,28-29H,2,4,6-7,10-13,16,18-19,41H2,1,3H3. The van der Waals surface area contributed by atoms with E-state index in [2.05, 4.69) is 22.4 Å². The normalized spacial score (nSPS) is 23.7. The zero-order chi connectivity index (χ0) is 34.6. The van der Waals surface area contributed by atoms with Crippen molar-refractivity contribution in [1.29, 1.82) is 5.26 Å². The van der Waals surface area contributed by atoms with Crippen molar-refractivity contribution in [2.45, 2.75) is 69.7 Å². The van der Waals surface area contributed by atoms with E-state index in [1.807, 2.05) is 18.7 Å². The second-order valence-electron chi connectivity index (χ2n) is 13.1. The number of rotatable bonds is 9. The van der Waals surface area contributed by atoms with Crippen LogP contribution in [0, 0.1) is 23.0 Å². The fourth-order valence-corrected chi connectivity index (χ4v) is 9.35. The number of ether oxygens (including phenoxy) is 1. The van der Waals surface area contributed by atoms with Crippen LogP contribution in [0.4, 0.5) is 24.0 Å². The Morgan fingerprint density at radius 3 is 2.80 bits per heavy atom. The Hall–Kier alpha value is -4.41. The van der Waals surface area contributed by atoms with Gasteiger partial charge in [0.05, 0.1) is 33.4 Å². The van der Waals surface area contributed by atoms with Gasteiger partial charge in [-0.15, -0.1) is 11.3 Å². The Labute approximate surface area is 286 Å². The van der Waals surface area contributed by atoms with E-state index in [1.54, 1.807) is 6.07 Å². The largest absolute Gasteiger partial charge is 0.461 e. The maximum atomic E-state index is 16.4. The molecule has 2 aromatic heterocycles. The number of nitrogens with two attached hydrogens (primary N) is 1. The summed E-state index contributed by atoms with van der Waals surface area (Å²) in [7, 11) is 0. The summed E-state index contributed by atoms with van der Waals surface area (Å²) in [6.07, 6.45) is 3.91. The monoisotopic (exact) mass is 689 g/mol. The minimum absolute atomic E-state index is 0.0776. The fraction of sp³-hybridized carbons (Fsp3) is 0.444. The molecule has 4 atom stereocenters. The van der Waals surface area contributed by atoms with Gasteiger partial charge in [-0.1, -0.05) is 19.6 Å². The number of halogens is 3. The maximum Gasteiger partial charge on any atom is 0.319 e. The minimum Gasteiger partial charge on any atom is -0.461 e. The van der Waals surface area contributed by atoms with Gasteiger partial charge in [-0.25, -0.2) is 13.2 Å². The van der Waals surface area contributed by atoms with Crippen LogP contribution in [0.5, 0.6) is 6.01 Å². The second-order valence-corrected chi connectivity index (χ2v) is 14.2. The van der Waals surface area contributed by atoms with Crippen LogP contribution in [0.2, 0.25) is 0 Å². The molecule has 5 heterocycles. The molecule has 49 heavy (non-hydrogen) atoms. The number of anilines is 2. The first-order valence-electron chi connectivity index (χ1n) is 16.8. The van der Waals surface area contributed by atoms with Gasteiger partial charge >= 0.3 is 6.01 Å². The molecule has 3 fully saturated rings. The van der Waals surface area contributed by atoms with E-state index in [9.17, 15) is 18.8 Å². The van der Waals surface area contributed by atoms with Crippen LogP contribution in [0.25, 0.3) is 32.1 Å². The van der Waals surface area contributed by atoms with Gasteiger partial charge < -0.3 is 20.3 Å². The van der Waals surface area contributed by atoms with Crippen molar-refractivity contribution in [3.8, 4) is 23.2 Å². The van der Waals surface area contributed by atoms with E-state index in [4.69, 9.17) is 20.4 Å². The molecule has 1 amide bonds. The summed E-state index contributed by atoms with van der Waals surface area (Å²) in [5.41, 5.74) is 6.56. The van der Waals surface area contributed by atoms with Crippen molar-refractivity contribution < 1.29 is 22.7 Å². The minimum atomic E-state index is -0.926. The lowest BCUT2D eigenvalue weighted by Crippen LogP contribution is -2.47. The van der Waals surface area contributed by atoms with Crippen LogP contribution in [0.3, 0.4) is 0 Å². The molecule has 7 rings (SSSR count). The highest BCUT2D eigenvalue weighted by atomic mass is 32.1. The van der Waals surface area contributed by atoms with Crippen LogP contribution in [0.15, 0.2) is 36.9 Å². The summed E-state index contributed by atoms with van der Waals surface area (Å²) in [6, 6.07) is 7.51. The summed E-state index contributed by atoms with van der Waals surface area (Å²) in [5, 5.41) is 10.7. The average Bonchev–Trinajstić information content (AvgIpc) is 3.85. The summed E-state index contributed by atoms with van der Waals surface area (Å²) in [6.45, 7) is 10.1. The van der Waals surface area contributed by atoms with Crippen LogP contribution < -0.4 is 15.4 Å². The molecule has 13 heteroatoms. The lowest BCUT2D eigenvalue weighted by Gasteiger charge is -2.35. The molecule has 2 aromatic carbocycles. The quantitative estimate of drug-likeness (QED) is 0.196. The van der Waals surface area contributed by atoms with E-state index in [1.165, 1.54) is 24.3 Å². The third-order valence-corrected chi connectivity index (χ3v) is 11.6. The number of nitriles is 1. The van der Waals surface area contributed by atoms with Crippen molar-refractivity contribution >= 4 is 49.1 Å². The predicted molar refractivity (Wildman–Crippen MR) is 185 cm³/mol. The number of fused-ring (bicyclic) bond motifs is 3. The van der Waals surface area contributed by atoms with Crippen LogP contribution in [-0.4, -0.2) is 82.3 Å². The molecule has 9 nitrogen and oxygen atoms in total. The topological polar surface area (TPSA) is 112 Å². The van der Waals surface area contributed by atoms with Crippen molar-refractivity contribution in [1.82, 2.24) is 19.8 Å². The number of alkyl halides is 1. The zero-order valence-electron chi connectivity index (χ0n) is 27.5. The third kappa shape index (κ3) is 5.45. The lowest BCUT2D eigenvalue weighted by molar-refractivity contribution is -0.126. The first-order chi connectivity index (χ1) is 23.6. The van der Waals surface area contributed by atoms with E-state index in [0.29, 0.717) is 61.2 Å². The van der Waals surface area contributed by atoms with Gasteiger partial charge in [-0.05, 0) is 69.0 Å². The zero-order valence-corrected chi connectivity index (χ0v) is 28.3. The third-order valence-electron chi connectivity index (χ3n) is 10.6. The van der Waals surface area contributed by atoms with Crippen LogP contribution in [-0.2, 0) is 4.79 Å². The molecule has 0 aliphatic carbocycles. The van der Waals surface area contributed by atoms with Crippen molar-refractivity contribution in [3.05, 3.63) is 54.1 Å². The molecule has 0 bridgehead atoms. The SMILES string of the molecule is C=CC(=O)N1CCC(N(CC)c2nc(OCC34CCCN3CC(F)C4)nc3cc(-c4ccc(F)c5sc(N)c(C#N)c45)c(F)cc23)C1CC. The lowest BCUT2D eigenvalue weighted by atomic mass is 9.95. The number of carbonyl (C=O) groups is 1. The van der Waals surface area contributed by atoms with Gasteiger partial charge in [-0.3, -0.25) is 9.69 Å². The van der Waals surface area contributed by atoms with Gasteiger partial charge in [0.25, 0.3) is 0 Å². The molecule has 0 radical (unpaired) electrons. The summed E-state index contributed by atoms with van der Waals surface area (Å²) >= 11 is 0.947. The summed E-state index contributed by atoms with van der Waals surface area (Å²) in [4.78, 5) is 28.5. The Morgan fingerprint density at radius 2 is 2.06 bits per heavy atom. The van der Waals surface area contributed by atoms with Crippen LogP contribution in [0.1, 0.15) is 51.5 Å². The number of carbonyl (C=O) groups excluding carboxylic acids is 1. The number of likely N-dealkylation sites (N-methyl/N-ethyl adjacent to an activating group) is 1. The molecule has 0 saturated carbocycles. The van der Waals surface area contributed by atoms with Gasteiger partial charge in [0.15, 0.2) is 0 Å².